The molecule has 1 aromatic carbocycles. The van der Waals surface area contributed by atoms with Crippen LogP contribution in [0.3, 0.4) is 0 Å². The molecule has 1 aromatic heterocycles. The van der Waals surface area contributed by atoms with Crippen molar-refractivity contribution in [3.05, 3.63) is 22.9 Å². The molecule has 7 heteroatoms. The highest BCUT2D eigenvalue weighted by Gasteiger charge is 2.39. The number of hydrogen-bond donors (Lipinski definition) is 0. The minimum absolute atomic E-state index is 0.0287. The average molecular weight is 470 g/mol. The summed E-state index contributed by atoms with van der Waals surface area (Å²) in [6, 6.07) is 2.16. The van der Waals surface area contributed by atoms with E-state index in [4.69, 9.17) is 9.47 Å². The van der Waals surface area contributed by atoms with Crippen molar-refractivity contribution in [2.24, 2.45) is 5.41 Å². The summed E-state index contributed by atoms with van der Waals surface area (Å²) in [5.74, 6) is -0.398. The van der Waals surface area contributed by atoms with E-state index in [0.29, 0.717) is 6.54 Å². The van der Waals surface area contributed by atoms with Crippen LogP contribution in [0.5, 0.6) is 0 Å². The SMILES string of the molecule is COC(=O)C(OC(C)(C)C)c1c(C)c2c3c(cc(C)n3CC(=O)N2C)c1N1CCC(C)(C)CC1. The molecular weight excluding hydrogens is 430 g/mol. The summed E-state index contributed by atoms with van der Waals surface area (Å²) in [7, 11) is 3.22. The zero-order chi connectivity index (χ0) is 25.2. The lowest BCUT2D eigenvalue weighted by Gasteiger charge is -2.41. The van der Waals surface area contributed by atoms with E-state index in [-0.39, 0.29) is 11.3 Å². The second-order valence-electron chi connectivity index (χ2n) is 11.6. The van der Waals surface area contributed by atoms with Gasteiger partial charge >= 0.3 is 5.97 Å². The number of ether oxygens (including phenoxy) is 2. The van der Waals surface area contributed by atoms with Crippen molar-refractivity contribution in [1.29, 1.82) is 0 Å². The lowest BCUT2D eigenvalue weighted by atomic mass is 9.82. The Morgan fingerprint density at radius 3 is 2.29 bits per heavy atom. The normalized spacial score (nSPS) is 19.0. The first-order valence-corrected chi connectivity index (χ1v) is 12.2. The maximum absolute atomic E-state index is 13.2. The Hall–Kier alpha value is -2.54. The Bertz CT molecular complexity index is 1150. The second kappa shape index (κ2) is 8.29. The van der Waals surface area contributed by atoms with Crippen molar-refractivity contribution in [2.45, 2.75) is 79.6 Å². The predicted octanol–water partition coefficient (Wildman–Crippen LogP) is 4.89. The molecule has 0 radical (unpaired) electrons. The minimum atomic E-state index is -0.898. The highest BCUT2D eigenvalue weighted by atomic mass is 16.6. The predicted molar refractivity (Wildman–Crippen MR) is 136 cm³/mol. The summed E-state index contributed by atoms with van der Waals surface area (Å²) in [6.45, 7) is 16.6. The van der Waals surface area contributed by atoms with E-state index in [0.717, 1.165) is 65.0 Å². The van der Waals surface area contributed by atoms with Crippen LogP contribution in [0.25, 0.3) is 10.9 Å². The molecule has 7 nitrogen and oxygen atoms in total. The third-order valence-corrected chi connectivity index (χ3v) is 7.38. The van der Waals surface area contributed by atoms with E-state index in [9.17, 15) is 9.59 Å². The van der Waals surface area contributed by atoms with Crippen LogP contribution in [-0.4, -0.2) is 49.3 Å². The van der Waals surface area contributed by atoms with Crippen LogP contribution >= 0.6 is 0 Å². The molecule has 1 fully saturated rings. The Balaban J connectivity index is 2.06. The van der Waals surface area contributed by atoms with Crippen molar-refractivity contribution in [3.8, 4) is 0 Å². The molecule has 3 heterocycles. The van der Waals surface area contributed by atoms with Gasteiger partial charge in [0.25, 0.3) is 0 Å². The molecule has 2 aliphatic rings. The third kappa shape index (κ3) is 4.08. The number of piperidine rings is 1. The first-order valence-electron chi connectivity index (χ1n) is 12.2. The smallest absolute Gasteiger partial charge is 0.339 e. The number of aryl methyl sites for hydroxylation is 1. The van der Waals surface area contributed by atoms with Gasteiger partial charge in [0.1, 0.15) is 6.54 Å². The molecule has 0 spiro atoms. The van der Waals surface area contributed by atoms with E-state index < -0.39 is 17.7 Å². The molecule has 0 aliphatic carbocycles. The van der Waals surface area contributed by atoms with Crippen LogP contribution in [0, 0.1) is 19.3 Å². The Labute approximate surface area is 203 Å². The van der Waals surface area contributed by atoms with Gasteiger partial charge in [0.15, 0.2) is 6.10 Å². The molecule has 2 aliphatic heterocycles. The van der Waals surface area contributed by atoms with Crippen LogP contribution in [0.4, 0.5) is 11.4 Å². The van der Waals surface area contributed by atoms with Crippen LogP contribution in [0.15, 0.2) is 6.07 Å². The summed E-state index contributed by atoms with van der Waals surface area (Å²) in [6.07, 6.45) is 1.23. The monoisotopic (exact) mass is 469 g/mol. The van der Waals surface area contributed by atoms with Crippen molar-refractivity contribution >= 4 is 34.2 Å². The van der Waals surface area contributed by atoms with Crippen LogP contribution in [0.2, 0.25) is 0 Å². The molecule has 186 valence electrons. The van der Waals surface area contributed by atoms with Gasteiger partial charge in [0.05, 0.1) is 29.6 Å². The van der Waals surface area contributed by atoms with Crippen molar-refractivity contribution < 1.29 is 19.1 Å². The van der Waals surface area contributed by atoms with Crippen LogP contribution < -0.4 is 9.80 Å². The fraction of sp³-hybridized carbons (Fsp3) is 0.630. The summed E-state index contributed by atoms with van der Waals surface area (Å²) >= 11 is 0. The number of aromatic nitrogens is 1. The summed E-state index contributed by atoms with van der Waals surface area (Å²) in [4.78, 5) is 30.3. The van der Waals surface area contributed by atoms with Gasteiger partial charge in [0, 0.05) is 36.8 Å². The number of rotatable bonds is 4. The van der Waals surface area contributed by atoms with Crippen molar-refractivity contribution in [3.63, 3.8) is 0 Å². The maximum atomic E-state index is 13.2. The molecule has 34 heavy (non-hydrogen) atoms. The molecule has 1 unspecified atom stereocenters. The van der Waals surface area contributed by atoms with Crippen LogP contribution in [0.1, 0.15) is 70.4 Å². The van der Waals surface area contributed by atoms with Gasteiger partial charge < -0.3 is 23.8 Å². The quantitative estimate of drug-likeness (QED) is 0.597. The largest absolute Gasteiger partial charge is 0.467 e. The van der Waals surface area contributed by atoms with Crippen molar-refractivity contribution in [1.82, 2.24) is 4.57 Å². The highest BCUT2D eigenvalue weighted by molar-refractivity contribution is 6.12. The number of nitrogens with zero attached hydrogens (tertiary/aromatic N) is 3. The first-order chi connectivity index (χ1) is 15.8. The molecule has 1 atom stereocenters. The Morgan fingerprint density at radius 1 is 1.12 bits per heavy atom. The number of esters is 1. The summed E-state index contributed by atoms with van der Waals surface area (Å²) in [5.41, 5.74) is 5.40. The number of carbonyl (C=O) groups excluding carboxylic acids is 2. The first kappa shape index (κ1) is 24.6. The molecule has 1 amide bonds. The fourth-order valence-corrected chi connectivity index (χ4v) is 5.40. The number of methoxy groups -OCH3 is 1. The van der Waals surface area contributed by atoms with E-state index >= 15 is 0 Å². The molecular formula is C27H39N3O4. The number of benzene rings is 1. The number of amides is 1. The maximum Gasteiger partial charge on any atom is 0.339 e. The standard InChI is InChI=1S/C27H39N3O4/c1-16-14-18-22(29-12-10-27(6,7)11-13-29)20(24(25(32)33-9)34-26(3,4)5)17(2)21-23(18)30(16)15-19(31)28(21)8/h14,24H,10-13,15H2,1-9H3. The minimum Gasteiger partial charge on any atom is -0.467 e. The van der Waals surface area contributed by atoms with Gasteiger partial charge in [-0.15, -0.1) is 0 Å². The van der Waals surface area contributed by atoms with Gasteiger partial charge in [-0.1, -0.05) is 13.8 Å². The topological polar surface area (TPSA) is 64.0 Å². The summed E-state index contributed by atoms with van der Waals surface area (Å²) < 4.78 is 13.7. The second-order valence-corrected chi connectivity index (χ2v) is 11.6. The average Bonchev–Trinajstić information content (AvgIpc) is 3.05. The van der Waals surface area contributed by atoms with Gasteiger partial charge in [-0.05, 0) is 64.5 Å². The lowest BCUT2D eigenvalue weighted by molar-refractivity contribution is -0.164. The van der Waals surface area contributed by atoms with Crippen molar-refractivity contribution in [2.75, 3.05) is 37.0 Å². The molecule has 2 aromatic rings. The number of carbonyl (C=O) groups is 2. The van der Waals surface area contributed by atoms with Gasteiger partial charge in [-0.2, -0.15) is 0 Å². The van der Waals surface area contributed by atoms with Gasteiger partial charge in [-0.3, -0.25) is 4.79 Å². The van der Waals surface area contributed by atoms with E-state index in [2.05, 4.69) is 29.4 Å². The van der Waals surface area contributed by atoms with Crippen LogP contribution in [-0.2, 0) is 25.6 Å². The van der Waals surface area contributed by atoms with Gasteiger partial charge in [-0.25, -0.2) is 4.79 Å². The highest BCUT2D eigenvalue weighted by Crippen LogP contribution is 2.49. The van der Waals surface area contributed by atoms with E-state index in [1.165, 1.54) is 7.11 Å². The Kier molecular flexibility index (Phi) is 6.00. The number of hydrogen-bond acceptors (Lipinski definition) is 5. The van der Waals surface area contributed by atoms with E-state index in [1.807, 2.05) is 41.7 Å². The zero-order valence-electron chi connectivity index (χ0n) is 22.2. The number of likely N-dealkylation sites (N-methyl/N-ethyl adjacent to an activating group) is 1. The Morgan fingerprint density at radius 2 is 1.74 bits per heavy atom. The van der Waals surface area contributed by atoms with E-state index in [1.54, 1.807) is 4.90 Å². The lowest BCUT2D eigenvalue weighted by Crippen LogP contribution is -2.40. The molecule has 0 bridgehead atoms. The molecule has 1 saturated heterocycles. The zero-order valence-corrected chi connectivity index (χ0v) is 22.2. The molecule has 4 rings (SSSR count). The summed E-state index contributed by atoms with van der Waals surface area (Å²) in [5, 5.41) is 1.07. The van der Waals surface area contributed by atoms with Gasteiger partial charge in [0.2, 0.25) is 5.91 Å². The molecule has 0 N–H and O–H groups in total. The fourth-order valence-electron chi connectivity index (χ4n) is 5.40. The molecule has 0 saturated carbocycles. The third-order valence-electron chi connectivity index (χ3n) is 7.38. The number of anilines is 2.